The van der Waals surface area contributed by atoms with Crippen LogP contribution >= 0.6 is 11.6 Å². The molecule has 1 aromatic heterocycles. The Labute approximate surface area is 129 Å². The average Bonchev–Trinajstić information content (AvgIpc) is 2.90. The van der Waals surface area contributed by atoms with Crippen molar-refractivity contribution in [3.05, 3.63) is 31.6 Å². The fourth-order valence-electron chi connectivity index (χ4n) is 3.03. The van der Waals surface area contributed by atoms with E-state index in [0.717, 1.165) is 45.1 Å². The molecule has 0 radical (unpaired) electrons. The van der Waals surface area contributed by atoms with E-state index in [9.17, 15) is 9.59 Å². The van der Waals surface area contributed by atoms with Crippen LogP contribution in [0.1, 0.15) is 50.0 Å². The van der Waals surface area contributed by atoms with E-state index < -0.39 is 5.69 Å². The molecule has 118 valence electrons. The van der Waals surface area contributed by atoms with Crippen molar-refractivity contribution in [3.8, 4) is 0 Å². The van der Waals surface area contributed by atoms with Crippen LogP contribution in [0.5, 0.6) is 0 Å². The highest BCUT2D eigenvalue weighted by atomic mass is 35.5. The number of hydrogen-bond acceptors (Lipinski definition) is 3. The van der Waals surface area contributed by atoms with E-state index in [1.807, 2.05) is 14.1 Å². The van der Waals surface area contributed by atoms with Gasteiger partial charge in [-0.25, -0.2) is 4.79 Å². The Morgan fingerprint density at radius 3 is 2.52 bits per heavy atom. The van der Waals surface area contributed by atoms with Crippen LogP contribution in [0.25, 0.3) is 0 Å². The number of halogens is 1. The maximum Gasteiger partial charge on any atom is 0.329 e. The molecule has 21 heavy (non-hydrogen) atoms. The standard InChI is InChI=1S/C15H24ClN3O2/c1-18(2)9-5-6-10-19-14(20)12(11-7-3-4-8-11)13(16)17-15(19)21/h11H,3-10H2,1-2H3,(H,17,21). The lowest BCUT2D eigenvalue weighted by atomic mass is 10.0. The van der Waals surface area contributed by atoms with Crippen LogP contribution in [0.15, 0.2) is 9.59 Å². The Bertz CT molecular complexity index is 586. The normalized spacial score (nSPS) is 16.0. The van der Waals surface area contributed by atoms with Crippen molar-refractivity contribution in [3.63, 3.8) is 0 Å². The first-order valence-electron chi connectivity index (χ1n) is 7.68. The number of rotatable bonds is 6. The molecular formula is C15H24ClN3O2. The van der Waals surface area contributed by atoms with E-state index in [1.54, 1.807) is 0 Å². The molecule has 0 amide bonds. The minimum absolute atomic E-state index is 0.194. The van der Waals surface area contributed by atoms with Crippen molar-refractivity contribution in [1.82, 2.24) is 14.5 Å². The fourth-order valence-corrected chi connectivity index (χ4v) is 3.35. The van der Waals surface area contributed by atoms with Crippen LogP contribution < -0.4 is 11.2 Å². The summed E-state index contributed by atoms with van der Waals surface area (Å²) in [6.45, 7) is 1.41. The van der Waals surface area contributed by atoms with Crippen molar-refractivity contribution in [1.29, 1.82) is 0 Å². The molecule has 1 fully saturated rings. The van der Waals surface area contributed by atoms with Crippen molar-refractivity contribution in [2.24, 2.45) is 0 Å². The van der Waals surface area contributed by atoms with E-state index in [-0.39, 0.29) is 16.6 Å². The third-order valence-corrected chi connectivity index (χ3v) is 4.47. The number of nitrogens with one attached hydrogen (secondary N) is 1. The van der Waals surface area contributed by atoms with E-state index >= 15 is 0 Å². The molecule has 1 heterocycles. The molecule has 0 spiro atoms. The first-order valence-corrected chi connectivity index (χ1v) is 8.05. The number of unbranched alkanes of at least 4 members (excludes halogenated alkanes) is 1. The van der Waals surface area contributed by atoms with Gasteiger partial charge in [0.2, 0.25) is 0 Å². The van der Waals surface area contributed by atoms with Crippen molar-refractivity contribution < 1.29 is 0 Å². The van der Waals surface area contributed by atoms with Gasteiger partial charge in [0.05, 0.1) is 5.56 Å². The van der Waals surface area contributed by atoms with Crippen molar-refractivity contribution in [2.75, 3.05) is 20.6 Å². The zero-order chi connectivity index (χ0) is 15.4. The summed E-state index contributed by atoms with van der Waals surface area (Å²) >= 11 is 6.11. The lowest BCUT2D eigenvalue weighted by Gasteiger charge is -2.14. The minimum atomic E-state index is -0.392. The molecule has 0 saturated heterocycles. The molecule has 2 rings (SSSR count). The van der Waals surface area contributed by atoms with Gasteiger partial charge in [0, 0.05) is 6.54 Å². The summed E-state index contributed by atoms with van der Waals surface area (Å²) in [4.78, 5) is 29.3. The second-order valence-corrected chi connectivity index (χ2v) is 6.48. The minimum Gasteiger partial charge on any atom is -0.309 e. The van der Waals surface area contributed by atoms with Gasteiger partial charge in [0.1, 0.15) is 5.15 Å². The zero-order valence-corrected chi connectivity index (χ0v) is 13.6. The van der Waals surface area contributed by atoms with Crippen molar-refractivity contribution >= 4 is 11.6 Å². The zero-order valence-electron chi connectivity index (χ0n) is 12.8. The number of hydrogen-bond donors (Lipinski definition) is 1. The molecule has 0 unspecified atom stereocenters. The third kappa shape index (κ3) is 3.98. The lowest BCUT2D eigenvalue weighted by Crippen LogP contribution is -2.38. The highest BCUT2D eigenvalue weighted by molar-refractivity contribution is 6.30. The number of nitrogens with zero attached hydrogens (tertiary/aromatic N) is 2. The largest absolute Gasteiger partial charge is 0.329 e. The van der Waals surface area contributed by atoms with E-state index in [1.165, 1.54) is 4.57 Å². The summed E-state index contributed by atoms with van der Waals surface area (Å²) in [5, 5.41) is 0.237. The van der Waals surface area contributed by atoms with Crippen LogP contribution in [0.3, 0.4) is 0 Å². The lowest BCUT2D eigenvalue weighted by molar-refractivity contribution is 0.385. The van der Waals surface area contributed by atoms with E-state index in [0.29, 0.717) is 12.1 Å². The Morgan fingerprint density at radius 1 is 1.24 bits per heavy atom. The Hall–Kier alpha value is -1.07. The predicted octanol–water partition coefficient (Wildman–Crippen LogP) is 2.19. The maximum absolute atomic E-state index is 12.6. The van der Waals surface area contributed by atoms with Gasteiger partial charge in [-0.05, 0) is 52.2 Å². The fraction of sp³-hybridized carbons (Fsp3) is 0.733. The molecule has 0 bridgehead atoms. The highest BCUT2D eigenvalue weighted by Crippen LogP contribution is 2.34. The van der Waals surface area contributed by atoms with Gasteiger partial charge < -0.3 is 4.90 Å². The van der Waals surface area contributed by atoms with Crippen LogP contribution in [-0.2, 0) is 6.54 Å². The molecule has 0 aromatic carbocycles. The molecule has 1 aliphatic carbocycles. The number of aromatic amines is 1. The summed E-state index contributed by atoms with van der Waals surface area (Å²) in [7, 11) is 4.03. The van der Waals surface area contributed by atoms with Crippen LogP contribution in [-0.4, -0.2) is 35.1 Å². The molecule has 1 aromatic rings. The maximum atomic E-state index is 12.6. The summed E-state index contributed by atoms with van der Waals surface area (Å²) in [6.07, 6.45) is 6.00. The van der Waals surface area contributed by atoms with Crippen molar-refractivity contribution in [2.45, 2.75) is 51.0 Å². The molecule has 0 atom stereocenters. The topological polar surface area (TPSA) is 58.1 Å². The Balaban J connectivity index is 2.19. The Kier molecular flexibility index (Phi) is 5.65. The van der Waals surface area contributed by atoms with Gasteiger partial charge >= 0.3 is 5.69 Å². The van der Waals surface area contributed by atoms with Gasteiger partial charge in [-0.3, -0.25) is 14.3 Å². The molecule has 1 saturated carbocycles. The number of aromatic nitrogens is 2. The second-order valence-electron chi connectivity index (χ2n) is 6.11. The molecule has 6 heteroatoms. The summed E-state index contributed by atoms with van der Waals surface area (Å²) in [5.41, 5.74) is 0.0264. The quantitative estimate of drug-likeness (QED) is 0.647. The van der Waals surface area contributed by atoms with E-state index in [2.05, 4.69) is 9.88 Å². The third-order valence-electron chi connectivity index (χ3n) is 4.17. The van der Waals surface area contributed by atoms with Crippen LogP contribution in [0.4, 0.5) is 0 Å². The average molecular weight is 314 g/mol. The monoisotopic (exact) mass is 313 g/mol. The first-order chi connectivity index (χ1) is 10.0. The summed E-state index contributed by atoms with van der Waals surface area (Å²) in [6, 6.07) is 0. The van der Waals surface area contributed by atoms with Gasteiger partial charge in [0.15, 0.2) is 0 Å². The molecule has 5 nitrogen and oxygen atoms in total. The second kappa shape index (κ2) is 7.27. The molecule has 1 N–H and O–H groups in total. The summed E-state index contributed by atoms with van der Waals surface area (Å²) < 4.78 is 1.31. The smallest absolute Gasteiger partial charge is 0.309 e. The molecule has 0 aliphatic heterocycles. The number of H-pyrrole nitrogens is 1. The van der Waals surface area contributed by atoms with Crippen LogP contribution in [0, 0.1) is 0 Å². The summed E-state index contributed by atoms with van der Waals surface area (Å²) in [5.74, 6) is 0.204. The first kappa shape index (κ1) is 16.3. The van der Waals surface area contributed by atoms with Gasteiger partial charge in [0.25, 0.3) is 5.56 Å². The Morgan fingerprint density at radius 2 is 1.90 bits per heavy atom. The van der Waals surface area contributed by atoms with Crippen LogP contribution in [0.2, 0.25) is 5.15 Å². The predicted molar refractivity (Wildman–Crippen MR) is 85.3 cm³/mol. The molecular weight excluding hydrogens is 290 g/mol. The SMILES string of the molecule is CN(C)CCCCn1c(=O)[nH]c(Cl)c(C2CCCC2)c1=O. The highest BCUT2D eigenvalue weighted by Gasteiger charge is 2.24. The van der Waals surface area contributed by atoms with E-state index in [4.69, 9.17) is 11.6 Å². The van der Waals surface area contributed by atoms with Gasteiger partial charge in [-0.15, -0.1) is 0 Å². The van der Waals surface area contributed by atoms with Gasteiger partial charge in [-0.2, -0.15) is 0 Å². The molecule has 1 aliphatic rings. The van der Waals surface area contributed by atoms with Gasteiger partial charge in [-0.1, -0.05) is 24.4 Å².